The Balaban J connectivity index is 2.09. The van der Waals surface area contributed by atoms with Gasteiger partial charge in [-0.2, -0.15) is 4.57 Å². The zero-order valence-electron chi connectivity index (χ0n) is 14.3. The van der Waals surface area contributed by atoms with Gasteiger partial charge in [0.2, 0.25) is 5.70 Å². The minimum atomic E-state index is -0.250. The van der Waals surface area contributed by atoms with Crippen LogP contribution in [0.5, 0.6) is 0 Å². The van der Waals surface area contributed by atoms with Crippen molar-refractivity contribution in [2.24, 2.45) is 0 Å². The monoisotopic (exact) mass is 396 g/mol. The number of para-hydroxylation sites is 1. The third-order valence-corrected chi connectivity index (χ3v) is 4.42. The maximum absolute atomic E-state index is 13.2. The molecule has 0 unspecified atom stereocenters. The second-order valence-electron chi connectivity index (χ2n) is 5.78. The van der Waals surface area contributed by atoms with Gasteiger partial charge in [-0.15, -0.1) is 0 Å². The zero-order chi connectivity index (χ0) is 19.2. The molecule has 0 fully saturated rings. The third kappa shape index (κ3) is 4.71. The predicted molar refractivity (Wildman–Crippen MR) is 110 cm³/mol. The molecule has 0 spiro atoms. The Morgan fingerprint density at radius 2 is 1.74 bits per heavy atom. The molecule has 1 heterocycles. The van der Waals surface area contributed by atoms with Crippen molar-refractivity contribution in [1.82, 2.24) is 0 Å². The van der Waals surface area contributed by atoms with Crippen LogP contribution < -0.4 is 15.0 Å². The van der Waals surface area contributed by atoms with Crippen molar-refractivity contribution < 1.29 is 14.8 Å². The summed E-state index contributed by atoms with van der Waals surface area (Å²) in [5.74, 6) is -0.250. The highest BCUT2D eigenvalue weighted by atomic mass is 35.5. The summed E-state index contributed by atoms with van der Waals surface area (Å²) in [5, 5.41) is 26.3. The second-order valence-corrected chi connectivity index (χ2v) is 6.63. The van der Waals surface area contributed by atoms with Gasteiger partial charge in [-0.25, -0.2) is 0 Å². The molecule has 0 aliphatic rings. The molecule has 3 rings (SSSR count). The molecule has 4 nitrogen and oxygen atoms in total. The van der Waals surface area contributed by atoms with Gasteiger partial charge < -0.3 is 15.5 Å². The van der Waals surface area contributed by atoms with Crippen molar-refractivity contribution in [2.45, 2.75) is 6.61 Å². The number of aromatic nitrogens is 1. The smallest absolute Gasteiger partial charge is 0.238 e. The lowest BCUT2D eigenvalue weighted by molar-refractivity contribution is -0.578. The Kier molecular flexibility index (Phi) is 6.19. The minimum Gasteiger partial charge on any atom is -0.867 e. The molecule has 0 saturated carbocycles. The Bertz CT molecular complexity index is 973. The van der Waals surface area contributed by atoms with E-state index in [1.165, 1.54) is 0 Å². The lowest BCUT2D eigenvalue weighted by Gasteiger charge is -2.17. The molecule has 27 heavy (non-hydrogen) atoms. The number of nitrogens with zero attached hydrogens (tertiary/aromatic N) is 1. The number of thiocarbonyl (C=S) groups is 1. The molecule has 0 saturated heterocycles. The van der Waals surface area contributed by atoms with Crippen LogP contribution in [0, 0.1) is 0 Å². The fourth-order valence-electron chi connectivity index (χ4n) is 2.54. The fourth-order valence-corrected chi connectivity index (χ4v) is 2.99. The second kappa shape index (κ2) is 8.77. The Morgan fingerprint density at radius 1 is 1.04 bits per heavy atom. The number of aliphatic hydroxyl groups excluding tert-OH is 1. The van der Waals surface area contributed by atoms with Gasteiger partial charge in [0, 0.05) is 22.3 Å². The Labute approximate surface area is 168 Å². The van der Waals surface area contributed by atoms with Crippen LogP contribution in [0.4, 0.5) is 5.69 Å². The van der Waals surface area contributed by atoms with Crippen molar-refractivity contribution in [2.75, 3.05) is 5.32 Å². The molecule has 0 radical (unpaired) electrons. The number of pyridine rings is 1. The molecule has 2 aromatic carbocycles. The number of aliphatic hydroxyl groups is 1. The van der Waals surface area contributed by atoms with E-state index in [-0.39, 0.29) is 23.1 Å². The Morgan fingerprint density at radius 3 is 2.41 bits per heavy atom. The van der Waals surface area contributed by atoms with Crippen LogP contribution in [-0.2, 0) is 6.61 Å². The van der Waals surface area contributed by atoms with Crippen LogP contribution in [-0.4, -0.2) is 10.1 Å². The van der Waals surface area contributed by atoms with Crippen molar-refractivity contribution in [3.63, 3.8) is 0 Å². The number of anilines is 1. The largest absolute Gasteiger partial charge is 0.867 e. The summed E-state index contributed by atoms with van der Waals surface area (Å²) >= 11 is 11.5. The molecule has 0 aliphatic heterocycles. The first-order chi connectivity index (χ1) is 13.1. The standard InChI is InChI=1S/C21H17ClN2O2S/c22-17-10-8-16(9-11-17)20(26)19(24-12-4-5-15(13-24)14-25)21(27)23-18-6-2-1-3-7-18/h1-13,25H,14H2,(H-,23,26,27). The molecule has 3 aromatic rings. The van der Waals surface area contributed by atoms with Crippen molar-refractivity contribution in [3.05, 3.63) is 95.3 Å². The van der Waals surface area contributed by atoms with E-state index >= 15 is 0 Å². The van der Waals surface area contributed by atoms with E-state index in [1.54, 1.807) is 53.4 Å². The summed E-state index contributed by atoms with van der Waals surface area (Å²) in [4.78, 5) is 0.279. The van der Waals surface area contributed by atoms with Crippen molar-refractivity contribution in [3.8, 4) is 0 Å². The quantitative estimate of drug-likeness (QED) is 0.301. The van der Waals surface area contributed by atoms with Crippen molar-refractivity contribution >= 4 is 46.0 Å². The first-order valence-corrected chi connectivity index (χ1v) is 9.02. The van der Waals surface area contributed by atoms with Gasteiger partial charge in [-0.1, -0.05) is 54.2 Å². The third-order valence-electron chi connectivity index (χ3n) is 3.87. The zero-order valence-corrected chi connectivity index (χ0v) is 15.9. The van der Waals surface area contributed by atoms with Gasteiger partial charge in [0.15, 0.2) is 17.4 Å². The van der Waals surface area contributed by atoms with Gasteiger partial charge in [0.1, 0.15) is 0 Å². The summed E-state index contributed by atoms with van der Waals surface area (Å²) < 4.78 is 1.63. The maximum atomic E-state index is 13.2. The van der Waals surface area contributed by atoms with Crippen LogP contribution in [0.2, 0.25) is 5.02 Å². The summed E-state index contributed by atoms with van der Waals surface area (Å²) in [6.07, 6.45) is 3.41. The number of hydrogen-bond donors (Lipinski definition) is 2. The average molecular weight is 397 g/mol. The molecule has 0 bridgehead atoms. The van der Waals surface area contributed by atoms with Crippen LogP contribution in [0.25, 0.3) is 11.5 Å². The summed E-state index contributed by atoms with van der Waals surface area (Å²) in [5.41, 5.74) is 2.20. The summed E-state index contributed by atoms with van der Waals surface area (Å²) in [7, 11) is 0. The minimum absolute atomic E-state index is 0.137. The van der Waals surface area contributed by atoms with Gasteiger partial charge in [-0.05, 0) is 41.7 Å². The maximum Gasteiger partial charge on any atom is 0.238 e. The highest BCUT2D eigenvalue weighted by Gasteiger charge is 2.19. The van der Waals surface area contributed by atoms with Gasteiger partial charge in [0.25, 0.3) is 0 Å². The lowest BCUT2D eigenvalue weighted by atomic mass is 10.1. The molecular weight excluding hydrogens is 380 g/mol. The van der Waals surface area contributed by atoms with E-state index in [0.717, 1.165) is 5.69 Å². The number of benzene rings is 2. The summed E-state index contributed by atoms with van der Waals surface area (Å²) in [6.45, 7) is -0.137. The lowest BCUT2D eigenvalue weighted by Crippen LogP contribution is -2.40. The molecule has 6 heteroatoms. The first kappa shape index (κ1) is 19.0. The molecule has 136 valence electrons. The van der Waals surface area contributed by atoms with E-state index in [2.05, 4.69) is 5.32 Å². The number of rotatable bonds is 5. The van der Waals surface area contributed by atoms with E-state index in [1.807, 2.05) is 30.3 Å². The number of halogens is 1. The molecule has 0 amide bonds. The molecule has 0 atom stereocenters. The number of nitrogens with one attached hydrogen (secondary N) is 1. The molecule has 2 N–H and O–H groups in total. The van der Waals surface area contributed by atoms with E-state index in [4.69, 9.17) is 23.8 Å². The highest BCUT2D eigenvalue weighted by molar-refractivity contribution is 7.81. The normalized spacial score (nSPS) is 11.6. The van der Waals surface area contributed by atoms with Crippen LogP contribution in [0.3, 0.4) is 0 Å². The molecule has 1 aromatic heterocycles. The van der Waals surface area contributed by atoms with E-state index in [0.29, 0.717) is 16.1 Å². The summed E-state index contributed by atoms with van der Waals surface area (Å²) in [6, 6.07) is 19.6. The predicted octanol–water partition coefficient (Wildman–Crippen LogP) is 3.25. The highest BCUT2D eigenvalue weighted by Crippen LogP contribution is 2.19. The molecule has 0 aliphatic carbocycles. The SMILES string of the molecule is [O-]C(=C(C(=S)Nc1ccccc1)[n+]1cccc(CO)c1)c1ccc(Cl)cc1. The van der Waals surface area contributed by atoms with Crippen LogP contribution in [0.1, 0.15) is 11.1 Å². The van der Waals surface area contributed by atoms with Gasteiger partial charge >= 0.3 is 0 Å². The average Bonchev–Trinajstić information content (AvgIpc) is 2.69. The van der Waals surface area contributed by atoms with Crippen LogP contribution >= 0.6 is 23.8 Å². The Hall–Kier alpha value is -2.73. The topological polar surface area (TPSA) is 59.2 Å². The van der Waals surface area contributed by atoms with Crippen molar-refractivity contribution in [1.29, 1.82) is 0 Å². The fraction of sp³-hybridized carbons (Fsp3) is 0.0476. The van der Waals surface area contributed by atoms with Gasteiger partial charge in [-0.3, -0.25) is 0 Å². The van der Waals surface area contributed by atoms with Gasteiger partial charge in [0.05, 0.1) is 6.61 Å². The van der Waals surface area contributed by atoms with E-state index in [9.17, 15) is 10.2 Å². The first-order valence-electron chi connectivity index (χ1n) is 8.23. The van der Waals surface area contributed by atoms with E-state index < -0.39 is 0 Å². The number of hydrogen-bond acceptors (Lipinski definition) is 3. The molecular formula is C21H17ClN2O2S. The van der Waals surface area contributed by atoms with Crippen LogP contribution in [0.15, 0.2) is 79.1 Å².